The Bertz CT molecular complexity index is 923. The second kappa shape index (κ2) is 12.6. The summed E-state index contributed by atoms with van der Waals surface area (Å²) in [5.41, 5.74) is 2.15. The first-order valence-electron chi connectivity index (χ1n) is 12.7. The Morgan fingerprint density at radius 3 is 2.32 bits per heavy atom. The van der Waals surface area contributed by atoms with E-state index in [1.165, 1.54) is 5.56 Å². The molecule has 4 heteroatoms. The number of ether oxygens (including phenoxy) is 3. The monoisotopic (exact) mass is 464 g/mol. The second-order valence-electron chi connectivity index (χ2n) is 9.70. The first-order valence-corrected chi connectivity index (χ1v) is 12.7. The average molecular weight is 465 g/mol. The first kappa shape index (κ1) is 25.9. The third-order valence-electron chi connectivity index (χ3n) is 6.60. The lowest BCUT2D eigenvalue weighted by Gasteiger charge is -2.28. The van der Waals surface area contributed by atoms with Gasteiger partial charge in [-0.25, -0.2) is 4.79 Å². The lowest BCUT2D eigenvalue weighted by atomic mass is 9.88. The molecule has 1 fully saturated rings. The number of hydrogen-bond donors (Lipinski definition) is 0. The molecule has 0 radical (unpaired) electrons. The quantitative estimate of drug-likeness (QED) is 0.239. The molecule has 4 nitrogen and oxygen atoms in total. The van der Waals surface area contributed by atoms with Crippen molar-refractivity contribution in [2.45, 2.75) is 84.3 Å². The van der Waals surface area contributed by atoms with Crippen molar-refractivity contribution in [3.63, 3.8) is 0 Å². The molecule has 0 spiro atoms. The number of carbonyl (C=O) groups excluding carboxylic acids is 1. The average Bonchev–Trinajstić information content (AvgIpc) is 3.28. The Morgan fingerprint density at radius 1 is 1.03 bits per heavy atom. The smallest absolute Gasteiger partial charge is 0.344 e. The Morgan fingerprint density at radius 2 is 1.71 bits per heavy atom. The lowest BCUT2D eigenvalue weighted by molar-refractivity contribution is -0.162. The highest BCUT2D eigenvalue weighted by Gasteiger charge is 2.36. The molecule has 0 heterocycles. The number of allylic oxidation sites excluding steroid dienone is 2. The molecule has 0 saturated heterocycles. The lowest BCUT2D eigenvalue weighted by Crippen LogP contribution is -2.33. The van der Waals surface area contributed by atoms with E-state index in [1.54, 1.807) is 0 Å². The summed E-state index contributed by atoms with van der Waals surface area (Å²) < 4.78 is 17.6. The van der Waals surface area contributed by atoms with E-state index >= 15 is 0 Å². The van der Waals surface area contributed by atoms with Gasteiger partial charge in [-0.15, -0.1) is 0 Å². The van der Waals surface area contributed by atoms with Crippen LogP contribution in [0.1, 0.15) is 83.3 Å². The molecule has 1 unspecified atom stereocenters. The zero-order valence-corrected chi connectivity index (χ0v) is 21.2. The van der Waals surface area contributed by atoms with Crippen molar-refractivity contribution in [3.8, 4) is 11.5 Å². The topological polar surface area (TPSA) is 44.8 Å². The summed E-state index contributed by atoms with van der Waals surface area (Å²) in [6, 6.07) is 16.0. The van der Waals surface area contributed by atoms with Gasteiger partial charge in [-0.2, -0.15) is 0 Å². The highest BCUT2D eigenvalue weighted by atomic mass is 16.6. The van der Waals surface area contributed by atoms with Crippen LogP contribution in [0.4, 0.5) is 0 Å². The van der Waals surface area contributed by atoms with Gasteiger partial charge in [0, 0.05) is 12.0 Å². The van der Waals surface area contributed by atoms with Crippen molar-refractivity contribution in [1.29, 1.82) is 0 Å². The first-order chi connectivity index (χ1) is 16.4. The zero-order chi connectivity index (χ0) is 24.4. The van der Waals surface area contributed by atoms with E-state index in [9.17, 15) is 4.79 Å². The Balaban J connectivity index is 1.51. The molecule has 1 aliphatic rings. The predicted molar refractivity (Wildman–Crippen MR) is 137 cm³/mol. The van der Waals surface area contributed by atoms with Crippen molar-refractivity contribution < 1.29 is 19.0 Å². The molecule has 2 aromatic rings. The Labute approximate surface area is 205 Å². The zero-order valence-electron chi connectivity index (χ0n) is 21.2. The van der Waals surface area contributed by atoms with Crippen LogP contribution in [-0.2, 0) is 16.1 Å². The van der Waals surface area contributed by atoms with Crippen LogP contribution in [0, 0.1) is 5.92 Å². The van der Waals surface area contributed by atoms with E-state index in [1.807, 2.05) is 24.3 Å². The normalized spacial score (nSPS) is 16.0. The van der Waals surface area contributed by atoms with Crippen LogP contribution in [0.2, 0.25) is 0 Å². The van der Waals surface area contributed by atoms with Crippen LogP contribution in [0.15, 0.2) is 60.7 Å². The molecule has 0 N–H and O–H groups in total. The summed E-state index contributed by atoms with van der Waals surface area (Å²) in [5.74, 6) is 1.99. The summed E-state index contributed by atoms with van der Waals surface area (Å²) in [4.78, 5) is 12.4. The standard InChI is InChI=1S/C30H40O4/c1-5-10-28(23(3)4)25-15-13-24(14-16-25)21-32-26-11-9-12-27(20-26)33-22-29(31)34-30(17-6-2)18-7-8-19-30/h5,9-16,20,23,28H,6-8,17-19,21-22H2,1-4H3/b10-5-. The molecule has 0 bridgehead atoms. The third kappa shape index (κ3) is 7.38. The van der Waals surface area contributed by atoms with Crippen LogP contribution in [0.5, 0.6) is 11.5 Å². The van der Waals surface area contributed by atoms with Gasteiger partial charge in [-0.1, -0.05) is 69.7 Å². The molecule has 1 aliphatic carbocycles. The van der Waals surface area contributed by atoms with Gasteiger partial charge < -0.3 is 14.2 Å². The second-order valence-corrected chi connectivity index (χ2v) is 9.70. The van der Waals surface area contributed by atoms with Gasteiger partial charge in [0.1, 0.15) is 23.7 Å². The van der Waals surface area contributed by atoms with Gasteiger partial charge in [0.25, 0.3) is 0 Å². The summed E-state index contributed by atoms with van der Waals surface area (Å²) in [5, 5.41) is 0. The van der Waals surface area contributed by atoms with Gasteiger partial charge in [-0.3, -0.25) is 0 Å². The minimum atomic E-state index is -0.292. The van der Waals surface area contributed by atoms with Gasteiger partial charge >= 0.3 is 5.97 Å². The molecule has 1 saturated carbocycles. The van der Waals surface area contributed by atoms with Crippen LogP contribution in [0.25, 0.3) is 0 Å². The maximum absolute atomic E-state index is 12.4. The number of rotatable bonds is 12. The van der Waals surface area contributed by atoms with Gasteiger partial charge in [0.15, 0.2) is 6.61 Å². The molecular weight excluding hydrogens is 424 g/mol. The Hall–Kier alpha value is -2.75. The largest absolute Gasteiger partial charge is 0.489 e. The molecular formula is C30H40O4. The Kier molecular flexibility index (Phi) is 9.62. The number of esters is 1. The molecule has 0 aromatic heterocycles. The van der Waals surface area contributed by atoms with E-state index in [0.29, 0.717) is 29.9 Å². The van der Waals surface area contributed by atoms with Gasteiger partial charge in [0.2, 0.25) is 0 Å². The molecule has 3 rings (SSSR count). The fourth-order valence-corrected chi connectivity index (χ4v) is 4.87. The third-order valence-corrected chi connectivity index (χ3v) is 6.60. The van der Waals surface area contributed by atoms with Gasteiger partial charge in [-0.05, 0) is 68.2 Å². The predicted octanol–water partition coefficient (Wildman–Crippen LogP) is 7.62. The molecule has 184 valence electrons. The van der Waals surface area contributed by atoms with Gasteiger partial charge in [0.05, 0.1) is 0 Å². The number of benzene rings is 2. The summed E-state index contributed by atoms with van der Waals surface area (Å²) >= 11 is 0. The van der Waals surface area contributed by atoms with Crippen LogP contribution < -0.4 is 9.47 Å². The van der Waals surface area contributed by atoms with E-state index in [0.717, 1.165) is 44.1 Å². The molecule has 0 amide bonds. The molecule has 34 heavy (non-hydrogen) atoms. The molecule has 1 atom stereocenters. The molecule has 0 aliphatic heterocycles. The van der Waals surface area contributed by atoms with Crippen molar-refractivity contribution in [1.82, 2.24) is 0 Å². The summed E-state index contributed by atoms with van der Waals surface area (Å²) in [7, 11) is 0. The maximum atomic E-state index is 12.4. The number of hydrogen-bond acceptors (Lipinski definition) is 4. The minimum absolute atomic E-state index is 0.0837. The fourth-order valence-electron chi connectivity index (χ4n) is 4.87. The molecule has 2 aromatic carbocycles. The van der Waals surface area contributed by atoms with Crippen LogP contribution >= 0.6 is 0 Å². The van der Waals surface area contributed by atoms with E-state index < -0.39 is 0 Å². The van der Waals surface area contributed by atoms with Crippen molar-refractivity contribution in [2.24, 2.45) is 5.92 Å². The number of carbonyl (C=O) groups is 1. The van der Waals surface area contributed by atoms with E-state index in [2.05, 4.69) is 64.1 Å². The SMILES string of the molecule is C/C=C\C(c1ccc(COc2cccc(OCC(=O)OC3(CCC)CCCC3)c2)cc1)C(C)C. The van der Waals surface area contributed by atoms with Crippen LogP contribution in [-0.4, -0.2) is 18.2 Å². The maximum Gasteiger partial charge on any atom is 0.344 e. The summed E-state index contributed by atoms with van der Waals surface area (Å²) in [6.45, 7) is 9.08. The van der Waals surface area contributed by atoms with E-state index in [4.69, 9.17) is 14.2 Å². The van der Waals surface area contributed by atoms with Crippen molar-refractivity contribution >= 4 is 5.97 Å². The highest BCUT2D eigenvalue weighted by molar-refractivity contribution is 5.71. The van der Waals surface area contributed by atoms with Crippen LogP contribution in [0.3, 0.4) is 0 Å². The minimum Gasteiger partial charge on any atom is -0.489 e. The highest BCUT2D eigenvalue weighted by Crippen LogP contribution is 2.37. The van der Waals surface area contributed by atoms with E-state index in [-0.39, 0.29) is 18.2 Å². The van der Waals surface area contributed by atoms with Crippen molar-refractivity contribution in [2.75, 3.05) is 6.61 Å². The summed E-state index contributed by atoms with van der Waals surface area (Å²) in [6.07, 6.45) is 10.5. The fraction of sp³-hybridized carbons (Fsp3) is 0.500. The van der Waals surface area contributed by atoms with Crippen molar-refractivity contribution in [3.05, 3.63) is 71.8 Å².